The van der Waals surface area contributed by atoms with Crippen molar-refractivity contribution in [1.29, 1.82) is 0 Å². The number of urea groups is 1. The largest absolute Gasteiger partial charge is 0.356 e. The number of nitrogens with zero attached hydrogens (tertiary/aromatic N) is 3. The summed E-state index contributed by atoms with van der Waals surface area (Å²) in [5.41, 5.74) is 3.60. The number of rotatable bonds is 3. The van der Waals surface area contributed by atoms with Gasteiger partial charge in [-0.1, -0.05) is 51.0 Å². The van der Waals surface area contributed by atoms with E-state index in [9.17, 15) is 9.59 Å². The van der Waals surface area contributed by atoms with E-state index in [1.54, 1.807) is 11.9 Å². The molecule has 2 aliphatic rings. The number of nitrogens with one attached hydrogen (secondary N) is 2. The van der Waals surface area contributed by atoms with Crippen LogP contribution in [0.3, 0.4) is 0 Å². The fraction of sp³-hybridized carbons (Fsp3) is 0.423. The summed E-state index contributed by atoms with van der Waals surface area (Å²) in [6.45, 7) is 6.04. The summed E-state index contributed by atoms with van der Waals surface area (Å²) in [6.07, 6.45) is 3.58. The van der Waals surface area contributed by atoms with Crippen LogP contribution in [0.25, 0.3) is 0 Å². The van der Waals surface area contributed by atoms with Crippen molar-refractivity contribution in [3.63, 3.8) is 0 Å². The number of anilines is 2. The first kappa shape index (κ1) is 22.8. The number of amidine groups is 1. The predicted molar refractivity (Wildman–Crippen MR) is 133 cm³/mol. The minimum Gasteiger partial charge on any atom is -0.356 e. The van der Waals surface area contributed by atoms with Crippen molar-refractivity contribution in [2.75, 3.05) is 30.4 Å². The number of carbonyl (C=O) groups excluding carboxylic acids is 2. The third kappa shape index (κ3) is 5.18. The Kier molecular flexibility index (Phi) is 6.96. The second-order valence-electron chi connectivity index (χ2n) is 9.05. The lowest BCUT2D eigenvalue weighted by Crippen LogP contribution is -2.47. The van der Waals surface area contributed by atoms with Crippen LogP contribution < -0.4 is 15.5 Å². The molecule has 0 aliphatic carbocycles. The van der Waals surface area contributed by atoms with Crippen LogP contribution in [-0.2, 0) is 4.79 Å². The molecule has 0 spiro atoms. The Morgan fingerprint density at radius 1 is 1.00 bits per heavy atom. The van der Waals surface area contributed by atoms with Gasteiger partial charge < -0.3 is 20.4 Å². The van der Waals surface area contributed by atoms with Gasteiger partial charge in [0.1, 0.15) is 5.84 Å². The Morgan fingerprint density at radius 2 is 1.67 bits per heavy atom. The van der Waals surface area contributed by atoms with Crippen LogP contribution in [0.2, 0.25) is 0 Å². The van der Waals surface area contributed by atoms with Crippen molar-refractivity contribution < 1.29 is 9.59 Å². The zero-order valence-electron chi connectivity index (χ0n) is 19.7. The number of amides is 3. The minimum absolute atomic E-state index is 0.266. The maximum absolute atomic E-state index is 13.3. The number of likely N-dealkylation sites (N-methyl/N-ethyl adjacent to an activating group) is 1. The fourth-order valence-electron chi connectivity index (χ4n) is 4.38. The van der Waals surface area contributed by atoms with Crippen LogP contribution in [0.1, 0.15) is 56.6 Å². The molecule has 3 amide bonds. The number of fused-ring (bicyclic) bond motifs is 1. The van der Waals surface area contributed by atoms with E-state index >= 15 is 0 Å². The molecule has 1 atom stereocenters. The van der Waals surface area contributed by atoms with Gasteiger partial charge in [0, 0.05) is 31.4 Å². The lowest BCUT2D eigenvalue weighted by molar-refractivity contribution is -0.119. The van der Waals surface area contributed by atoms with Crippen molar-refractivity contribution in [2.45, 2.75) is 51.6 Å². The van der Waals surface area contributed by atoms with E-state index in [4.69, 9.17) is 4.99 Å². The molecule has 174 valence electrons. The number of hydrogen-bond acceptors (Lipinski definition) is 4. The summed E-state index contributed by atoms with van der Waals surface area (Å²) in [4.78, 5) is 34.7. The highest BCUT2D eigenvalue weighted by Crippen LogP contribution is 2.27. The number of likely N-dealkylation sites (tertiary alicyclic amines) is 1. The number of benzene rings is 2. The van der Waals surface area contributed by atoms with Crippen LogP contribution in [0.4, 0.5) is 16.2 Å². The Labute approximate surface area is 195 Å². The molecular weight excluding hydrogens is 414 g/mol. The standard InChI is InChI=1S/C26H33N5O2/c1-18(2)19-12-14-20(15-13-19)27-26(33)29-23-25(32)30(3)22-11-7-6-10-21(22)24(28-23)31-16-8-4-5-9-17-31/h6-7,10-15,18,23H,4-5,8-9,16-17H2,1-3H3,(H2,27,29,33)/t23-/m0/s1. The first-order chi connectivity index (χ1) is 15.9. The van der Waals surface area contributed by atoms with Gasteiger partial charge in [-0.05, 0) is 48.6 Å². The third-order valence-corrected chi connectivity index (χ3v) is 6.33. The molecule has 0 saturated carbocycles. The molecule has 2 N–H and O–H groups in total. The van der Waals surface area contributed by atoms with E-state index in [-0.39, 0.29) is 5.91 Å². The van der Waals surface area contributed by atoms with Gasteiger partial charge in [0.25, 0.3) is 5.91 Å². The molecular formula is C26H33N5O2. The number of aliphatic imine (C=N–C) groups is 1. The smallest absolute Gasteiger partial charge is 0.321 e. The Morgan fingerprint density at radius 3 is 2.33 bits per heavy atom. The van der Waals surface area contributed by atoms with E-state index in [2.05, 4.69) is 29.4 Å². The predicted octanol–water partition coefficient (Wildman–Crippen LogP) is 4.56. The Hall–Kier alpha value is -3.35. The van der Waals surface area contributed by atoms with Gasteiger partial charge in [-0.25, -0.2) is 9.79 Å². The second-order valence-corrected chi connectivity index (χ2v) is 9.05. The molecule has 7 nitrogen and oxygen atoms in total. The van der Waals surface area contributed by atoms with E-state index in [1.165, 1.54) is 18.4 Å². The van der Waals surface area contributed by atoms with Gasteiger partial charge >= 0.3 is 6.03 Å². The van der Waals surface area contributed by atoms with Gasteiger partial charge in [0.2, 0.25) is 6.17 Å². The zero-order valence-corrected chi connectivity index (χ0v) is 19.7. The summed E-state index contributed by atoms with van der Waals surface area (Å²) in [7, 11) is 1.74. The average molecular weight is 448 g/mol. The van der Waals surface area contributed by atoms with Crippen molar-refractivity contribution in [3.05, 3.63) is 59.7 Å². The minimum atomic E-state index is -1.00. The quantitative estimate of drug-likeness (QED) is 0.724. The summed E-state index contributed by atoms with van der Waals surface area (Å²) < 4.78 is 0. The number of carbonyl (C=O) groups is 2. The Bertz CT molecular complexity index is 1020. The normalized spacial score (nSPS) is 18.8. The van der Waals surface area contributed by atoms with Gasteiger partial charge in [-0.15, -0.1) is 0 Å². The maximum Gasteiger partial charge on any atom is 0.321 e. The average Bonchev–Trinajstić information content (AvgIpc) is 3.14. The van der Waals surface area contributed by atoms with Gasteiger partial charge in [0.05, 0.1) is 5.69 Å². The molecule has 2 heterocycles. The highest BCUT2D eigenvalue weighted by Gasteiger charge is 2.32. The van der Waals surface area contributed by atoms with Gasteiger partial charge in [-0.3, -0.25) is 4.79 Å². The molecule has 1 fully saturated rings. The van der Waals surface area contributed by atoms with Gasteiger partial charge in [-0.2, -0.15) is 0 Å². The summed E-state index contributed by atoms with van der Waals surface area (Å²) in [5, 5.41) is 5.62. The molecule has 2 aromatic carbocycles. The van der Waals surface area contributed by atoms with E-state index in [0.717, 1.165) is 43.0 Å². The van der Waals surface area contributed by atoms with E-state index < -0.39 is 12.2 Å². The maximum atomic E-state index is 13.3. The van der Waals surface area contributed by atoms with Crippen LogP contribution in [0, 0.1) is 0 Å². The summed E-state index contributed by atoms with van der Waals surface area (Å²) >= 11 is 0. The monoisotopic (exact) mass is 447 g/mol. The molecule has 0 bridgehead atoms. The van der Waals surface area contributed by atoms with Crippen molar-refractivity contribution in [2.24, 2.45) is 4.99 Å². The topological polar surface area (TPSA) is 77.0 Å². The highest BCUT2D eigenvalue weighted by atomic mass is 16.2. The molecule has 7 heteroatoms. The lowest BCUT2D eigenvalue weighted by Gasteiger charge is -2.25. The molecule has 2 aliphatic heterocycles. The first-order valence-corrected chi connectivity index (χ1v) is 11.8. The number of para-hydroxylation sites is 1. The van der Waals surface area contributed by atoms with Crippen LogP contribution in [0.5, 0.6) is 0 Å². The SMILES string of the molecule is CC(C)c1ccc(NC(=O)N[C@@H]2N=C(N3CCCCCC3)c3ccccc3N(C)C2=O)cc1. The molecule has 0 unspecified atom stereocenters. The third-order valence-electron chi connectivity index (χ3n) is 6.33. The molecule has 1 saturated heterocycles. The van der Waals surface area contributed by atoms with Crippen molar-refractivity contribution in [3.8, 4) is 0 Å². The Balaban J connectivity index is 1.59. The first-order valence-electron chi connectivity index (χ1n) is 11.8. The number of hydrogen-bond donors (Lipinski definition) is 2. The lowest BCUT2D eigenvalue weighted by atomic mass is 10.0. The fourth-order valence-corrected chi connectivity index (χ4v) is 4.38. The van der Waals surface area contributed by atoms with E-state index in [0.29, 0.717) is 11.6 Å². The summed E-state index contributed by atoms with van der Waals surface area (Å²) in [5.74, 6) is 0.926. The highest BCUT2D eigenvalue weighted by molar-refractivity contribution is 6.12. The van der Waals surface area contributed by atoms with Crippen LogP contribution in [-0.4, -0.2) is 49.0 Å². The molecule has 4 rings (SSSR count). The molecule has 0 radical (unpaired) electrons. The van der Waals surface area contributed by atoms with Gasteiger partial charge in [0.15, 0.2) is 0 Å². The molecule has 33 heavy (non-hydrogen) atoms. The van der Waals surface area contributed by atoms with Crippen LogP contribution in [0.15, 0.2) is 53.5 Å². The molecule has 2 aromatic rings. The van der Waals surface area contributed by atoms with Crippen LogP contribution >= 0.6 is 0 Å². The summed E-state index contributed by atoms with van der Waals surface area (Å²) in [6, 6.07) is 15.1. The van der Waals surface area contributed by atoms with Crippen molar-refractivity contribution >= 4 is 29.1 Å². The molecule has 0 aromatic heterocycles. The second kappa shape index (κ2) is 10.1. The van der Waals surface area contributed by atoms with E-state index in [1.807, 2.05) is 48.5 Å². The zero-order chi connectivity index (χ0) is 23.4. The van der Waals surface area contributed by atoms with Crippen molar-refractivity contribution in [1.82, 2.24) is 10.2 Å². The number of benzodiazepines with no additional fused rings is 1.